The zero-order chi connectivity index (χ0) is 15.2. The fourth-order valence-corrected chi connectivity index (χ4v) is 2.70. The van der Waals surface area contributed by atoms with Gasteiger partial charge in [0.05, 0.1) is 13.2 Å². The minimum atomic E-state index is -2.61. The zero-order valence-corrected chi connectivity index (χ0v) is 11.8. The van der Waals surface area contributed by atoms with Crippen LogP contribution < -0.4 is 5.32 Å². The first kappa shape index (κ1) is 15.9. The van der Waals surface area contributed by atoms with Crippen LogP contribution in [-0.4, -0.2) is 59.7 Å². The number of piperidine rings is 1. The van der Waals surface area contributed by atoms with Crippen LogP contribution in [0.4, 0.5) is 8.78 Å². The van der Waals surface area contributed by atoms with Crippen molar-refractivity contribution < 1.29 is 18.7 Å². The number of aliphatic hydroxyl groups excluding tert-OH is 1. The van der Waals surface area contributed by atoms with Gasteiger partial charge in [-0.3, -0.25) is 4.79 Å². The first-order valence-corrected chi connectivity index (χ1v) is 7.19. The van der Waals surface area contributed by atoms with Gasteiger partial charge in [-0.15, -0.1) is 0 Å². The lowest BCUT2D eigenvalue weighted by Crippen LogP contribution is -2.39. The second-order valence-electron chi connectivity index (χ2n) is 5.15. The summed E-state index contributed by atoms with van der Waals surface area (Å²) in [6.07, 6.45) is 1.03. The molecule has 2 rings (SSSR count). The molecular formula is C14H21F2N3O2. The number of aliphatic hydroxyl groups is 1. The second kappa shape index (κ2) is 7.51. The first-order valence-electron chi connectivity index (χ1n) is 7.19. The lowest BCUT2D eigenvalue weighted by Gasteiger charge is -2.28. The molecule has 1 aromatic rings. The Hall–Kier alpha value is -1.47. The lowest BCUT2D eigenvalue weighted by molar-refractivity contribution is 0.0497. The zero-order valence-electron chi connectivity index (χ0n) is 11.8. The summed E-state index contributed by atoms with van der Waals surface area (Å²) < 4.78 is 27.0. The summed E-state index contributed by atoms with van der Waals surface area (Å²) in [5.41, 5.74) is 0.413. The quantitative estimate of drug-likeness (QED) is 0.827. The summed E-state index contributed by atoms with van der Waals surface area (Å²) in [7, 11) is 0. The van der Waals surface area contributed by atoms with Crippen molar-refractivity contribution in [3.8, 4) is 0 Å². The molecule has 7 heteroatoms. The van der Waals surface area contributed by atoms with E-state index in [9.17, 15) is 13.6 Å². The fourth-order valence-electron chi connectivity index (χ4n) is 2.70. The van der Waals surface area contributed by atoms with Gasteiger partial charge in [-0.2, -0.15) is 0 Å². The molecule has 1 aliphatic heterocycles. The van der Waals surface area contributed by atoms with Crippen LogP contribution in [0.15, 0.2) is 18.3 Å². The summed E-state index contributed by atoms with van der Waals surface area (Å²) >= 11 is 0. The predicted octanol–water partition coefficient (Wildman–Crippen LogP) is 1.11. The minimum absolute atomic E-state index is 0.0828. The molecule has 1 aromatic heterocycles. The molecule has 0 aromatic carbocycles. The lowest BCUT2D eigenvalue weighted by atomic mass is 10.1. The van der Waals surface area contributed by atoms with E-state index in [-0.39, 0.29) is 19.2 Å². The van der Waals surface area contributed by atoms with Gasteiger partial charge in [0.1, 0.15) is 5.69 Å². The highest BCUT2D eigenvalue weighted by atomic mass is 19.3. The number of alkyl halides is 2. The molecule has 0 spiro atoms. The normalized spacial score (nSPS) is 16.4. The molecule has 0 atom stereocenters. The number of amides is 1. The molecule has 2 N–H and O–H groups in total. The summed E-state index contributed by atoms with van der Waals surface area (Å²) in [4.78, 5) is 13.5. The average molecular weight is 301 g/mol. The Morgan fingerprint density at radius 3 is 2.81 bits per heavy atom. The van der Waals surface area contributed by atoms with Crippen LogP contribution in [0, 0.1) is 0 Å². The Morgan fingerprint density at radius 2 is 2.19 bits per heavy atom. The number of halogens is 2. The van der Waals surface area contributed by atoms with Gasteiger partial charge in [0.15, 0.2) is 0 Å². The van der Waals surface area contributed by atoms with Gasteiger partial charge < -0.3 is 19.9 Å². The first-order chi connectivity index (χ1) is 10.1. The molecule has 1 amide bonds. The third-order valence-corrected chi connectivity index (χ3v) is 3.72. The number of aromatic nitrogens is 1. The summed E-state index contributed by atoms with van der Waals surface area (Å²) in [6, 6.07) is 3.62. The molecule has 2 heterocycles. The van der Waals surface area contributed by atoms with Crippen LogP contribution >= 0.6 is 0 Å². The minimum Gasteiger partial charge on any atom is -0.395 e. The Morgan fingerprint density at radius 1 is 1.48 bits per heavy atom. The summed E-state index contributed by atoms with van der Waals surface area (Å²) in [5.74, 6) is -0.451. The van der Waals surface area contributed by atoms with Crippen LogP contribution in [-0.2, 0) is 0 Å². The van der Waals surface area contributed by atoms with Gasteiger partial charge in [-0.1, -0.05) is 0 Å². The molecule has 1 saturated heterocycles. The van der Waals surface area contributed by atoms with Crippen molar-refractivity contribution in [1.29, 1.82) is 0 Å². The highest BCUT2D eigenvalue weighted by Crippen LogP contribution is 2.22. The Kier molecular flexibility index (Phi) is 5.69. The van der Waals surface area contributed by atoms with Gasteiger partial charge in [-0.05, 0) is 38.1 Å². The Bertz CT molecular complexity index is 459. The van der Waals surface area contributed by atoms with Crippen molar-refractivity contribution >= 4 is 5.91 Å². The van der Waals surface area contributed by atoms with E-state index in [2.05, 4.69) is 5.32 Å². The van der Waals surface area contributed by atoms with Crippen molar-refractivity contribution in [3.05, 3.63) is 24.0 Å². The number of hydrogen-bond donors (Lipinski definition) is 2. The molecule has 0 unspecified atom stereocenters. The molecular weight excluding hydrogens is 280 g/mol. The monoisotopic (exact) mass is 301 g/mol. The largest absolute Gasteiger partial charge is 0.395 e. The third-order valence-electron chi connectivity index (χ3n) is 3.72. The van der Waals surface area contributed by atoms with E-state index in [4.69, 9.17) is 5.11 Å². The van der Waals surface area contributed by atoms with E-state index in [0.29, 0.717) is 5.69 Å². The van der Waals surface area contributed by atoms with E-state index in [1.54, 1.807) is 12.1 Å². The molecule has 21 heavy (non-hydrogen) atoms. The maximum absolute atomic E-state index is 12.6. The number of carbonyl (C=O) groups is 1. The van der Waals surface area contributed by atoms with Crippen LogP contribution in [0.25, 0.3) is 0 Å². The van der Waals surface area contributed by atoms with Crippen LogP contribution in [0.1, 0.15) is 29.4 Å². The van der Waals surface area contributed by atoms with E-state index in [0.717, 1.165) is 30.8 Å². The molecule has 0 bridgehead atoms. The topological polar surface area (TPSA) is 57.5 Å². The second-order valence-corrected chi connectivity index (χ2v) is 5.15. The maximum Gasteiger partial charge on any atom is 0.270 e. The average Bonchev–Trinajstić information content (AvgIpc) is 2.96. The van der Waals surface area contributed by atoms with Crippen molar-refractivity contribution in [2.45, 2.75) is 25.3 Å². The standard InChI is InChI=1S/C14H21F2N3O2/c15-13(16)10-18(8-9-20)14(21)12-2-1-7-19(12)11-3-5-17-6-4-11/h1-2,7,11,13,17,20H,3-6,8-10H2. The van der Waals surface area contributed by atoms with Crippen LogP contribution in [0.2, 0.25) is 0 Å². The highest BCUT2D eigenvalue weighted by molar-refractivity contribution is 5.92. The summed E-state index contributed by atoms with van der Waals surface area (Å²) in [6.45, 7) is 0.700. The van der Waals surface area contributed by atoms with Gasteiger partial charge in [0.2, 0.25) is 0 Å². The molecule has 1 fully saturated rings. The number of carbonyl (C=O) groups excluding carboxylic acids is 1. The van der Waals surface area contributed by atoms with E-state index < -0.39 is 18.9 Å². The van der Waals surface area contributed by atoms with Gasteiger partial charge in [-0.25, -0.2) is 8.78 Å². The number of nitrogens with one attached hydrogen (secondary N) is 1. The Labute approximate surface area is 122 Å². The smallest absolute Gasteiger partial charge is 0.270 e. The molecule has 0 aliphatic carbocycles. The van der Waals surface area contributed by atoms with Crippen LogP contribution in [0.5, 0.6) is 0 Å². The SMILES string of the molecule is O=C(c1cccn1C1CCNCC1)N(CCO)CC(F)F. The van der Waals surface area contributed by atoms with Crippen molar-refractivity contribution in [1.82, 2.24) is 14.8 Å². The molecule has 1 aliphatic rings. The van der Waals surface area contributed by atoms with E-state index in [1.807, 2.05) is 10.8 Å². The highest BCUT2D eigenvalue weighted by Gasteiger charge is 2.24. The molecule has 5 nitrogen and oxygen atoms in total. The summed E-state index contributed by atoms with van der Waals surface area (Å²) in [5, 5.41) is 12.2. The third kappa shape index (κ3) is 4.01. The maximum atomic E-state index is 12.6. The fraction of sp³-hybridized carbons (Fsp3) is 0.643. The molecule has 0 saturated carbocycles. The number of hydrogen-bond acceptors (Lipinski definition) is 3. The number of rotatable bonds is 6. The molecule has 118 valence electrons. The van der Waals surface area contributed by atoms with Crippen molar-refractivity contribution in [3.63, 3.8) is 0 Å². The van der Waals surface area contributed by atoms with Gasteiger partial charge >= 0.3 is 0 Å². The Balaban J connectivity index is 2.15. The van der Waals surface area contributed by atoms with E-state index in [1.165, 1.54) is 0 Å². The van der Waals surface area contributed by atoms with Crippen molar-refractivity contribution in [2.24, 2.45) is 0 Å². The van der Waals surface area contributed by atoms with E-state index >= 15 is 0 Å². The van der Waals surface area contributed by atoms with Gasteiger partial charge in [0, 0.05) is 18.8 Å². The predicted molar refractivity (Wildman–Crippen MR) is 74.6 cm³/mol. The van der Waals surface area contributed by atoms with Crippen LogP contribution in [0.3, 0.4) is 0 Å². The number of nitrogens with zero attached hydrogens (tertiary/aromatic N) is 2. The van der Waals surface area contributed by atoms with Gasteiger partial charge in [0.25, 0.3) is 12.3 Å². The molecule has 0 radical (unpaired) electrons. The van der Waals surface area contributed by atoms with Crippen molar-refractivity contribution in [2.75, 3.05) is 32.8 Å².